The van der Waals surface area contributed by atoms with Crippen LogP contribution in [0.5, 0.6) is 0 Å². The van der Waals surface area contributed by atoms with Gasteiger partial charge in [-0.15, -0.1) is 0 Å². The largest absolute Gasteiger partial charge is 0.329 e. The van der Waals surface area contributed by atoms with Gasteiger partial charge >= 0.3 is 0 Å². The third-order valence-electron chi connectivity index (χ3n) is 4.14. The van der Waals surface area contributed by atoms with Crippen LogP contribution in [-0.2, 0) is 0 Å². The Morgan fingerprint density at radius 2 is 1.71 bits per heavy atom. The average Bonchev–Trinajstić information content (AvgIpc) is 2.44. The summed E-state index contributed by atoms with van der Waals surface area (Å²) in [4.78, 5) is 0. The topological polar surface area (TPSA) is 41.3 Å². The summed E-state index contributed by atoms with van der Waals surface area (Å²) in [5.74, 6) is -3.83. The van der Waals surface area contributed by atoms with Gasteiger partial charge in [0.25, 0.3) is 0 Å². The van der Waals surface area contributed by atoms with Gasteiger partial charge in [-0.05, 0) is 44.4 Å². The second kappa shape index (κ2) is 6.77. The Bertz CT molecular complexity index is 462. The molecule has 1 saturated heterocycles. The fourth-order valence-electron chi connectivity index (χ4n) is 2.90. The maximum atomic E-state index is 13.4. The van der Waals surface area contributed by atoms with E-state index in [-0.39, 0.29) is 6.54 Å². The lowest BCUT2D eigenvalue weighted by atomic mass is 9.99. The molecule has 0 aliphatic carbocycles. The molecule has 0 spiro atoms. The van der Waals surface area contributed by atoms with Gasteiger partial charge in [-0.2, -0.15) is 0 Å². The lowest BCUT2D eigenvalue weighted by Gasteiger charge is -2.41. The highest BCUT2D eigenvalue weighted by atomic mass is 19.2. The molecule has 0 aromatic heterocycles. The summed E-state index contributed by atoms with van der Waals surface area (Å²) in [6, 6.07) is 2.19. The number of hydrazine groups is 1. The molecule has 1 fully saturated rings. The number of nitrogens with two attached hydrogens (primary N) is 1. The average molecular weight is 301 g/mol. The van der Waals surface area contributed by atoms with Crippen molar-refractivity contribution in [2.75, 3.05) is 6.54 Å². The van der Waals surface area contributed by atoms with Crippen LogP contribution in [0.1, 0.15) is 44.7 Å². The van der Waals surface area contributed by atoms with Crippen LogP contribution >= 0.6 is 0 Å². The molecule has 1 aromatic carbocycles. The van der Waals surface area contributed by atoms with Crippen molar-refractivity contribution in [3.05, 3.63) is 35.1 Å². The molecule has 2 rings (SSSR count). The van der Waals surface area contributed by atoms with Gasteiger partial charge in [-0.25, -0.2) is 23.6 Å². The van der Waals surface area contributed by atoms with E-state index < -0.39 is 23.5 Å². The van der Waals surface area contributed by atoms with Gasteiger partial charge < -0.3 is 5.73 Å². The molecule has 3 atom stereocenters. The predicted molar refractivity (Wildman–Crippen MR) is 75.9 cm³/mol. The lowest BCUT2D eigenvalue weighted by Crippen LogP contribution is -2.54. The van der Waals surface area contributed by atoms with Gasteiger partial charge in [0, 0.05) is 18.6 Å². The molecular formula is C15H22F3N3. The second-order valence-corrected chi connectivity index (χ2v) is 5.75. The zero-order valence-corrected chi connectivity index (χ0v) is 12.4. The summed E-state index contributed by atoms with van der Waals surface area (Å²) in [7, 11) is 0. The Kier molecular flexibility index (Phi) is 5.24. The van der Waals surface area contributed by atoms with E-state index in [9.17, 15) is 13.2 Å². The van der Waals surface area contributed by atoms with Gasteiger partial charge in [0.2, 0.25) is 0 Å². The highest BCUT2D eigenvalue weighted by Crippen LogP contribution is 2.24. The molecule has 3 unspecified atom stereocenters. The Morgan fingerprint density at radius 3 is 2.19 bits per heavy atom. The van der Waals surface area contributed by atoms with E-state index in [2.05, 4.69) is 24.3 Å². The molecule has 0 saturated carbocycles. The number of benzene rings is 1. The molecule has 6 heteroatoms. The lowest BCUT2D eigenvalue weighted by molar-refractivity contribution is 0.0303. The maximum absolute atomic E-state index is 13.4. The van der Waals surface area contributed by atoms with Gasteiger partial charge in [0.05, 0.1) is 6.04 Å². The summed E-state index contributed by atoms with van der Waals surface area (Å²) in [6.07, 6.45) is 3.27. The summed E-state index contributed by atoms with van der Waals surface area (Å²) >= 11 is 0. The first-order valence-electron chi connectivity index (χ1n) is 7.33. The number of nitrogens with zero attached hydrogens (tertiary/aromatic N) is 1. The van der Waals surface area contributed by atoms with Crippen molar-refractivity contribution in [1.82, 2.24) is 10.4 Å². The van der Waals surface area contributed by atoms with Gasteiger partial charge in [0.15, 0.2) is 17.5 Å². The van der Waals surface area contributed by atoms with E-state index in [1.807, 2.05) is 0 Å². The first-order valence-corrected chi connectivity index (χ1v) is 7.33. The van der Waals surface area contributed by atoms with Crippen LogP contribution in [0.4, 0.5) is 13.2 Å². The van der Waals surface area contributed by atoms with Crippen molar-refractivity contribution in [3.63, 3.8) is 0 Å². The summed E-state index contributed by atoms with van der Waals surface area (Å²) in [5, 5.41) is 2.08. The molecule has 1 heterocycles. The predicted octanol–water partition coefficient (Wildman–Crippen LogP) is 2.87. The molecule has 1 aliphatic rings. The normalized spacial score (nSPS) is 25.0. The number of hydrogen-bond donors (Lipinski definition) is 2. The number of nitrogens with one attached hydrogen (secondary N) is 1. The van der Waals surface area contributed by atoms with E-state index in [0.717, 1.165) is 31.4 Å². The van der Waals surface area contributed by atoms with Gasteiger partial charge in [0.1, 0.15) is 0 Å². The minimum absolute atomic E-state index is 0.167. The van der Waals surface area contributed by atoms with Crippen LogP contribution < -0.4 is 11.2 Å². The van der Waals surface area contributed by atoms with Crippen molar-refractivity contribution in [2.24, 2.45) is 5.73 Å². The monoisotopic (exact) mass is 301 g/mol. The SMILES string of the molecule is CC1CCCC(C)N1NC(CN)c1cc(F)c(F)c(F)c1. The Balaban J connectivity index is 2.19. The number of rotatable bonds is 4. The fraction of sp³-hybridized carbons (Fsp3) is 0.600. The molecule has 0 amide bonds. The van der Waals surface area contributed by atoms with Crippen molar-refractivity contribution in [3.8, 4) is 0 Å². The van der Waals surface area contributed by atoms with Crippen molar-refractivity contribution in [1.29, 1.82) is 0 Å². The van der Waals surface area contributed by atoms with Crippen molar-refractivity contribution < 1.29 is 13.2 Å². The van der Waals surface area contributed by atoms with E-state index in [1.165, 1.54) is 0 Å². The molecule has 1 aromatic rings. The molecule has 3 N–H and O–H groups in total. The van der Waals surface area contributed by atoms with Crippen LogP contribution in [0.2, 0.25) is 0 Å². The standard InChI is InChI=1S/C15H22F3N3/c1-9-4-3-5-10(2)21(9)20-14(8-19)11-6-12(16)15(18)13(17)7-11/h6-7,9-10,14,20H,3-5,8,19H2,1-2H3. The zero-order chi connectivity index (χ0) is 15.6. The molecular weight excluding hydrogens is 279 g/mol. The Hall–Kier alpha value is -1.11. The minimum Gasteiger partial charge on any atom is -0.329 e. The van der Waals surface area contributed by atoms with Crippen molar-refractivity contribution in [2.45, 2.75) is 51.2 Å². The number of piperidine rings is 1. The highest BCUT2D eigenvalue weighted by Gasteiger charge is 2.27. The quantitative estimate of drug-likeness (QED) is 0.840. The van der Waals surface area contributed by atoms with Crippen molar-refractivity contribution >= 4 is 0 Å². The molecule has 0 bridgehead atoms. The first kappa shape index (κ1) is 16.3. The van der Waals surface area contributed by atoms with Crippen LogP contribution in [-0.4, -0.2) is 23.6 Å². The van der Waals surface area contributed by atoms with Crippen LogP contribution in [0.25, 0.3) is 0 Å². The van der Waals surface area contributed by atoms with Gasteiger partial charge in [-0.1, -0.05) is 6.42 Å². The van der Waals surface area contributed by atoms with Crippen LogP contribution in [0.3, 0.4) is 0 Å². The van der Waals surface area contributed by atoms with Crippen LogP contribution in [0, 0.1) is 17.5 Å². The van der Waals surface area contributed by atoms with E-state index in [0.29, 0.717) is 17.6 Å². The van der Waals surface area contributed by atoms with Crippen LogP contribution in [0.15, 0.2) is 12.1 Å². The third kappa shape index (κ3) is 3.56. The highest BCUT2D eigenvalue weighted by molar-refractivity contribution is 5.23. The molecule has 118 valence electrons. The second-order valence-electron chi connectivity index (χ2n) is 5.75. The summed E-state index contributed by atoms with van der Waals surface area (Å²) in [6.45, 7) is 4.37. The Labute approximate surface area is 123 Å². The summed E-state index contributed by atoms with van der Waals surface area (Å²) in [5.41, 5.74) is 9.29. The molecule has 0 radical (unpaired) electrons. The van der Waals surface area contributed by atoms with E-state index in [1.54, 1.807) is 0 Å². The molecule has 3 nitrogen and oxygen atoms in total. The fourth-order valence-corrected chi connectivity index (χ4v) is 2.90. The van der Waals surface area contributed by atoms with E-state index >= 15 is 0 Å². The number of hydrogen-bond acceptors (Lipinski definition) is 3. The Morgan fingerprint density at radius 1 is 1.19 bits per heavy atom. The van der Waals surface area contributed by atoms with E-state index in [4.69, 9.17) is 5.73 Å². The molecule has 21 heavy (non-hydrogen) atoms. The third-order valence-corrected chi connectivity index (χ3v) is 4.14. The zero-order valence-electron chi connectivity index (χ0n) is 12.4. The smallest absolute Gasteiger partial charge is 0.194 e. The maximum Gasteiger partial charge on any atom is 0.194 e. The first-order chi connectivity index (χ1) is 9.93. The molecule has 1 aliphatic heterocycles. The summed E-state index contributed by atoms with van der Waals surface area (Å²) < 4.78 is 39.8. The van der Waals surface area contributed by atoms with Gasteiger partial charge in [-0.3, -0.25) is 0 Å². The minimum atomic E-state index is -1.45. The number of halogens is 3.